The summed E-state index contributed by atoms with van der Waals surface area (Å²) in [6, 6.07) is 38.6. The first-order chi connectivity index (χ1) is 25.9. The van der Waals surface area contributed by atoms with Gasteiger partial charge in [0.15, 0.2) is 5.60 Å². The monoisotopic (exact) mass is 699 g/mol. The van der Waals surface area contributed by atoms with E-state index in [4.69, 9.17) is 18.6 Å². The summed E-state index contributed by atoms with van der Waals surface area (Å²) >= 11 is 0. The average Bonchev–Trinajstić information content (AvgIpc) is 3.72. The van der Waals surface area contributed by atoms with E-state index in [0.29, 0.717) is 52.2 Å². The highest BCUT2D eigenvalue weighted by atomic mass is 16.5. The number of benzene rings is 6. The third-order valence-corrected chi connectivity index (χ3v) is 11.2. The summed E-state index contributed by atoms with van der Waals surface area (Å²) in [7, 11) is 0. The van der Waals surface area contributed by atoms with Gasteiger partial charge in [0.25, 0.3) is 0 Å². The van der Waals surface area contributed by atoms with Gasteiger partial charge in [-0.1, -0.05) is 91.0 Å². The van der Waals surface area contributed by atoms with Gasteiger partial charge in [0.05, 0.1) is 19.8 Å². The maximum absolute atomic E-state index is 14.5. The van der Waals surface area contributed by atoms with Crippen molar-refractivity contribution >= 4 is 49.9 Å². The molecule has 0 bridgehead atoms. The summed E-state index contributed by atoms with van der Waals surface area (Å²) in [5.41, 5.74) is 5.20. The minimum absolute atomic E-state index is 0.104. The summed E-state index contributed by atoms with van der Waals surface area (Å²) in [5, 5.41) is 16.6. The molecule has 1 aliphatic carbocycles. The largest absolute Gasteiger partial charge is 0.472 e. The zero-order valence-electron chi connectivity index (χ0n) is 29.5. The molecule has 7 aromatic rings. The fraction of sp³-hybridized carbons (Fsp3) is 0.196. The SMILES string of the molecule is CCOC(=O)C1(O)c2c3c(c4ccccc4c2-c2ccc4oc5ccccc5c4c21)OC(c1ccccc1)(c1ccc(N2CCOCC2)cc1)C=C3C. The van der Waals surface area contributed by atoms with Gasteiger partial charge < -0.3 is 28.6 Å². The molecule has 1 aromatic heterocycles. The van der Waals surface area contributed by atoms with Crippen molar-refractivity contribution in [1.29, 1.82) is 0 Å². The minimum Gasteiger partial charge on any atom is -0.472 e. The first-order valence-corrected chi connectivity index (χ1v) is 18.3. The number of rotatable bonds is 5. The van der Waals surface area contributed by atoms with Gasteiger partial charge >= 0.3 is 5.97 Å². The second-order valence-electron chi connectivity index (χ2n) is 14.1. The van der Waals surface area contributed by atoms with Gasteiger partial charge in [-0.3, -0.25) is 0 Å². The van der Waals surface area contributed by atoms with Crippen LogP contribution in [0.15, 0.2) is 126 Å². The van der Waals surface area contributed by atoms with Gasteiger partial charge in [-0.25, -0.2) is 4.79 Å². The molecule has 1 N–H and O–H groups in total. The maximum Gasteiger partial charge on any atom is 0.347 e. The molecule has 0 radical (unpaired) electrons. The fourth-order valence-electron chi connectivity index (χ4n) is 8.94. The third kappa shape index (κ3) is 4.44. The smallest absolute Gasteiger partial charge is 0.347 e. The molecule has 10 rings (SSSR count). The van der Waals surface area contributed by atoms with Gasteiger partial charge in [0.2, 0.25) is 5.60 Å². The van der Waals surface area contributed by atoms with Crippen molar-refractivity contribution < 1.29 is 28.5 Å². The number of morpholine rings is 1. The fourth-order valence-corrected chi connectivity index (χ4v) is 8.94. The summed E-state index contributed by atoms with van der Waals surface area (Å²) in [6.07, 6.45) is 2.14. The van der Waals surface area contributed by atoms with Gasteiger partial charge in [-0.15, -0.1) is 0 Å². The highest BCUT2D eigenvalue weighted by Crippen LogP contribution is 2.61. The van der Waals surface area contributed by atoms with E-state index < -0.39 is 17.2 Å². The molecule has 0 amide bonds. The molecule has 6 aromatic carbocycles. The molecule has 3 heterocycles. The van der Waals surface area contributed by atoms with Crippen LogP contribution in [0.1, 0.15) is 41.7 Å². The van der Waals surface area contributed by atoms with Gasteiger partial charge in [0.1, 0.15) is 16.9 Å². The van der Waals surface area contributed by atoms with Crippen LogP contribution in [0.25, 0.3) is 49.4 Å². The Bertz CT molecular complexity index is 2640. The van der Waals surface area contributed by atoms with Crippen LogP contribution in [0.4, 0.5) is 5.69 Å². The molecule has 1 saturated heterocycles. The maximum atomic E-state index is 14.5. The van der Waals surface area contributed by atoms with Gasteiger partial charge in [0, 0.05) is 62.8 Å². The lowest BCUT2D eigenvalue weighted by Crippen LogP contribution is -2.40. The number of anilines is 1. The molecular formula is C46H37NO6. The first kappa shape index (κ1) is 31.8. The zero-order chi connectivity index (χ0) is 35.9. The Hall–Kier alpha value is -5.89. The van der Waals surface area contributed by atoms with Crippen molar-refractivity contribution in [2.24, 2.45) is 0 Å². The number of esters is 1. The van der Waals surface area contributed by atoms with Crippen LogP contribution in [-0.2, 0) is 25.5 Å². The van der Waals surface area contributed by atoms with Crippen molar-refractivity contribution in [2.75, 3.05) is 37.8 Å². The number of para-hydroxylation sites is 1. The molecule has 2 unspecified atom stereocenters. The van der Waals surface area contributed by atoms with Crippen molar-refractivity contribution in [2.45, 2.75) is 25.0 Å². The molecule has 3 aliphatic rings. The molecule has 1 fully saturated rings. The Morgan fingerprint density at radius 1 is 0.755 bits per heavy atom. The van der Waals surface area contributed by atoms with Gasteiger partial charge in [-0.2, -0.15) is 0 Å². The zero-order valence-corrected chi connectivity index (χ0v) is 29.5. The van der Waals surface area contributed by atoms with E-state index in [9.17, 15) is 9.90 Å². The van der Waals surface area contributed by atoms with Crippen LogP contribution in [-0.4, -0.2) is 44.0 Å². The van der Waals surface area contributed by atoms with Gasteiger partial charge in [-0.05, 0) is 66.3 Å². The Morgan fingerprint density at radius 3 is 2.19 bits per heavy atom. The van der Waals surface area contributed by atoms with E-state index >= 15 is 0 Å². The number of hydrogen-bond donors (Lipinski definition) is 1. The summed E-state index contributed by atoms with van der Waals surface area (Å²) in [6.45, 7) is 7.01. The van der Waals surface area contributed by atoms with Crippen LogP contribution in [0, 0.1) is 0 Å². The van der Waals surface area contributed by atoms with Crippen LogP contribution in [0.3, 0.4) is 0 Å². The number of allylic oxidation sites excluding steroid dienone is 1. The number of carbonyl (C=O) groups excluding carboxylic acids is 1. The molecule has 0 saturated carbocycles. The van der Waals surface area contributed by atoms with Crippen LogP contribution in [0.2, 0.25) is 0 Å². The normalized spacial score (nSPS) is 20.5. The highest BCUT2D eigenvalue weighted by molar-refractivity contribution is 6.19. The van der Waals surface area contributed by atoms with Crippen molar-refractivity contribution in [3.8, 4) is 16.9 Å². The molecule has 2 atom stereocenters. The molecule has 262 valence electrons. The van der Waals surface area contributed by atoms with Crippen LogP contribution < -0.4 is 9.64 Å². The lowest BCUT2D eigenvalue weighted by molar-refractivity contribution is -0.161. The number of carbonyl (C=O) groups is 1. The second-order valence-corrected chi connectivity index (χ2v) is 14.1. The Balaban J connectivity index is 1.27. The minimum atomic E-state index is -2.16. The number of furan rings is 1. The first-order valence-electron chi connectivity index (χ1n) is 18.3. The third-order valence-electron chi connectivity index (χ3n) is 11.2. The quantitative estimate of drug-likeness (QED) is 0.180. The van der Waals surface area contributed by atoms with Crippen molar-refractivity contribution in [1.82, 2.24) is 0 Å². The van der Waals surface area contributed by atoms with Crippen molar-refractivity contribution in [3.63, 3.8) is 0 Å². The molecular weight excluding hydrogens is 663 g/mol. The Kier molecular flexibility index (Phi) is 7.09. The second kappa shape index (κ2) is 11.8. The average molecular weight is 700 g/mol. The molecule has 53 heavy (non-hydrogen) atoms. The van der Waals surface area contributed by atoms with E-state index in [1.165, 1.54) is 0 Å². The van der Waals surface area contributed by atoms with E-state index in [1.807, 2.05) is 79.7 Å². The molecule has 2 aliphatic heterocycles. The molecule has 0 spiro atoms. The highest BCUT2D eigenvalue weighted by Gasteiger charge is 2.55. The number of hydrogen-bond acceptors (Lipinski definition) is 7. The summed E-state index contributed by atoms with van der Waals surface area (Å²) < 4.78 is 25.1. The predicted octanol–water partition coefficient (Wildman–Crippen LogP) is 9.09. The number of aliphatic hydroxyl groups is 1. The predicted molar refractivity (Wildman–Crippen MR) is 207 cm³/mol. The number of nitrogens with zero attached hydrogens (tertiary/aromatic N) is 1. The van der Waals surface area contributed by atoms with Crippen LogP contribution in [0.5, 0.6) is 5.75 Å². The number of fused-ring (bicyclic) bond motifs is 12. The Morgan fingerprint density at radius 2 is 1.43 bits per heavy atom. The van der Waals surface area contributed by atoms with E-state index in [1.54, 1.807) is 6.92 Å². The Labute approximate surface area is 306 Å². The topological polar surface area (TPSA) is 81.4 Å². The lowest BCUT2D eigenvalue weighted by Gasteiger charge is -2.40. The van der Waals surface area contributed by atoms with E-state index in [0.717, 1.165) is 62.8 Å². The van der Waals surface area contributed by atoms with Crippen molar-refractivity contribution in [3.05, 3.63) is 149 Å². The molecule has 7 nitrogen and oxygen atoms in total. The number of ether oxygens (including phenoxy) is 3. The van der Waals surface area contributed by atoms with E-state index in [-0.39, 0.29) is 6.61 Å². The van der Waals surface area contributed by atoms with E-state index in [2.05, 4.69) is 53.4 Å². The van der Waals surface area contributed by atoms with Crippen LogP contribution >= 0.6 is 0 Å². The summed E-state index contributed by atoms with van der Waals surface area (Å²) in [4.78, 5) is 16.8. The lowest BCUT2D eigenvalue weighted by atomic mass is 9.77. The standard InChI is InChI=1S/C46H37NO6/c1-3-51-44(48)46(49)41-35(21-22-37-40(41)34-15-9-10-16-36(34)52-37)39-32-13-7-8-14-33(32)43-38(42(39)46)28(2)27-45(53-43,29-11-5-4-6-12-29)30-17-19-31(20-18-30)47-23-25-50-26-24-47/h4-22,27,49H,3,23-26H2,1-2H3. The molecule has 7 heteroatoms. The summed E-state index contributed by atoms with van der Waals surface area (Å²) in [5.74, 6) is -0.133.